The molecule has 0 amide bonds. The van der Waals surface area contributed by atoms with Crippen molar-refractivity contribution >= 4 is 0 Å². The van der Waals surface area contributed by atoms with Crippen molar-refractivity contribution in [2.45, 2.75) is 45.1 Å². The van der Waals surface area contributed by atoms with Gasteiger partial charge in [0.1, 0.15) is 11.5 Å². The second-order valence-electron chi connectivity index (χ2n) is 5.10. The maximum Gasteiger partial charge on any atom is 0.119 e. The molecule has 0 saturated carbocycles. The smallest absolute Gasteiger partial charge is 0.119 e. The molecule has 3 nitrogen and oxygen atoms in total. The fraction of sp³-hybridized carbons (Fsp3) is 0.625. The molecule has 1 fully saturated rings. The van der Waals surface area contributed by atoms with Gasteiger partial charge in [0.25, 0.3) is 0 Å². The highest BCUT2D eigenvalue weighted by Crippen LogP contribution is 2.18. The van der Waals surface area contributed by atoms with Crippen molar-refractivity contribution in [3.05, 3.63) is 24.3 Å². The first-order valence-electron chi connectivity index (χ1n) is 7.47. The maximum atomic E-state index is 5.77. The molecule has 1 aromatic rings. The zero-order valence-corrected chi connectivity index (χ0v) is 11.9. The topological polar surface area (TPSA) is 30.5 Å². The van der Waals surface area contributed by atoms with E-state index in [-0.39, 0.29) is 0 Å². The minimum atomic E-state index is 0.640. The molecular weight excluding hydrogens is 238 g/mol. The van der Waals surface area contributed by atoms with E-state index in [0.717, 1.165) is 44.1 Å². The van der Waals surface area contributed by atoms with Crippen LogP contribution in [-0.2, 0) is 0 Å². The number of rotatable bonds is 7. The van der Waals surface area contributed by atoms with Crippen LogP contribution in [0.5, 0.6) is 11.5 Å². The fourth-order valence-electron chi connectivity index (χ4n) is 2.34. The van der Waals surface area contributed by atoms with E-state index in [9.17, 15) is 0 Å². The summed E-state index contributed by atoms with van der Waals surface area (Å²) in [4.78, 5) is 0. The van der Waals surface area contributed by atoms with Crippen LogP contribution in [0.4, 0.5) is 0 Å². The van der Waals surface area contributed by atoms with Gasteiger partial charge < -0.3 is 14.8 Å². The highest BCUT2D eigenvalue weighted by Gasteiger charge is 2.11. The van der Waals surface area contributed by atoms with Gasteiger partial charge in [-0.25, -0.2) is 0 Å². The van der Waals surface area contributed by atoms with E-state index in [1.807, 2.05) is 24.3 Å². The quantitative estimate of drug-likeness (QED) is 0.818. The van der Waals surface area contributed by atoms with Crippen molar-refractivity contribution in [2.75, 3.05) is 19.8 Å². The average Bonchev–Trinajstić information content (AvgIpc) is 2.47. The van der Waals surface area contributed by atoms with Gasteiger partial charge in [0.05, 0.1) is 13.2 Å². The normalized spacial score (nSPS) is 19.1. The summed E-state index contributed by atoms with van der Waals surface area (Å²) in [6, 6.07) is 8.56. The van der Waals surface area contributed by atoms with Crippen LogP contribution in [0.25, 0.3) is 0 Å². The standard InChI is InChI=1S/C16H25NO2/c1-2-12-18-15-6-8-16(9-7-15)19-13-10-14-5-3-4-11-17-14/h6-9,14,17H,2-5,10-13H2,1H3/t14-/m0/s1. The van der Waals surface area contributed by atoms with Gasteiger partial charge in [0, 0.05) is 6.04 Å². The molecule has 1 aliphatic heterocycles. The van der Waals surface area contributed by atoms with Crippen LogP contribution < -0.4 is 14.8 Å². The lowest BCUT2D eigenvalue weighted by Gasteiger charge is -2.23. The number of benzene rings is 1. The van der Waals surface area contributed by atoms with E-state index < -0.39 is 0 Å². The summed E-state index contributed by atoms with van der Waals surface area (Å²) in [5, 5.41) is 3.54. The zero-order chi connectivity index (χ0) is 13.3. The summed E-state index contributed by atoms with van der Waals surface area (Å²) in [5.41, 5.74) is 0. The first kappa shape index (κ1) is 14.2. The van der Waals surface area contributed by atoms with E-state index in [2.05, 4.69) is 12.2 Å². The molecule has 0 bridgehead atoms. The summed E-state index contributed by atoms with van der Waals surface area (Å²) in [6.07, 6.45) is 6.07. The minimum Gasteiger partial charge on any atom is -0.494 e. The van der Waals surface area contributed by atoms with Crippen LogP contribution in [0.3, 0.4) is 0 Å². The Hall–Kier alpha value is -1.22. The van der Waals surface area contributed by atoms with E-state index >= 15 is 0 Å². The Morgan fingerprint density at radius 3 is 2.32 bits per heavy atom. The van der Waals surface area contributed by atoms with Crippen LogP contribution in [0.1, 0.15) is 39.0 Å². The molecule has 1 aliphatic rings. The number of ether oxygens (including phenoxy) is 2. The van der Waals surface area contributed by atoms with Crippen molar-refractivity contribution in [2.24, 2.45) is 0 Å². The largest absolute Gasteiger partial charge is 0.494 e. The van der Waals surface area contributed by atoms with Gasteiger partial charge in [-0.1, -0.05) is 13.3 Å². The Labute approximate surface area is 116 Å². The van der Waals surface area contributed by atoms with Gasteiger partial charge in [0.15, 0.2) is 0 Å². The van der Waals surface area contributed by atoms with Crippen molar-refractivity contribution in [1.29, 1.82) is 0 Å². The van der Waals surface area contributed by atoms with E-state index in [1.54, 1.807) is 0 Å². The monoisotopic (exact) mass is 263 g/mol. The molecule has 1 atom stereocenters. The molecule has 19 heavy (non-hydrogen) atoms. The van der Waals surface area contributed by atoms with Gasteiger partial charge in [-0.05, 0) is 56.5 Å². The summed E-state index contributed by atoms with van der Waals surface area (Å²) in [6.45, 7) is 4.82. The van der Waals surface area contributed by atoms with E-state index in [1.165, 1.54) is 19.3 Å². The first-order chi connectivity index (χ1) is 9.38. The zero-order valence-electron chi connectivity index (χ0n) is 11.9. The maximum absolute atomic E-state index is 5.77. The SMILES string of the molecule is CCCOc1ccc(OCC[C@@H]2CCCCN2)cc1. The summed E-state index contributed by atoms with van der Waals surface area (Å²) in [5.74, 6) is 1.85. The lowest BCUT2D eigenvalue weighted by atomic mass is 10.0. The number of piperidine rings is 1. The van der Waals surface area contributed by atoms with E-state index in [0.29, 0.717) is 6.04 Å². The Balaban J connectivity index is 1.67. The Morgan fingerprint density at radius 1 is 1.05 bits per heavy atom. The highest BCUT2D eigenvalue weighted by atomic mass is 16.5. The molecule has 2 rings (SSSR count). The third-order valence-electron chi connectivity index (χ3n) is 3.44. The van der Waals surface area contributed by atoms with Crippen molar-refractivity contribution in [3.63, 3.8) is 0 Å². The van der Waals surface area contributed by atoms with Gasteiger partial charge in [-0.2, -0.15) is 0 Å². The second kappa shape index (κ2) is 8.05. The highest BCUT2D eigenvalue weighted by molar-refractivity contribution is 5.31. The number of hydrogen-bond donors (Lipinski definition) is 1. The van der Waals surface area contributed by atoms with Crippen LogP contribution >= 0.6 is 0 Å². The average molecular weight is 263 g/mol. The van der Waals surface area contributed by atoms with Crippen LogP contribution in [0.15, 0.2) is 24.3 Å². The lowest BCUT2D eigenvalue weighted by Crippen LogP contribution is -2.35. The molecule has 1 saturated heterocycles. The molecule has 0 radical (unpaired) electrons. The van der Waals surface area contributed by atoms with Crippen LogP contribution in [0, 0.1) is 0 Å². The molecule has 1 heterocycles. The van der Waals surface area contributed by atoms with Crippen molar-refractivity contribution < 1.29 is 9.47 Å². The van der Waals surface area contributed by atoms with Gasteiger partial charge in [0.2, 0.25) is 0 Å². The molecule has 0 aliphatic carbocycles. The molecule has 106 valence electrons. The molecule has 0 aromatic heterocycles. The van der Waals surface area contributed by atoms with E-state index in [4.69, 9.17) is 9.47 Å². The predicted molar refractivity (Wildman–Crippen MR) is 78.0 cm³/mol. The van der Waals surface area contributed by atoms with Gasteiger partial charge >= 0.3 is 0 Å². The number of hydrogen-bond acceptors (Lipinski definition) is 3. The molecule has 1 N–H and O–H groups in total. The number of nitrogens with one attached hydrogen (secondary N) is 1. The summed E-state index contributed by atoms with van der Waals surface area (Å²) in [7, 11) is 0. The van der Waals surface area contributed by atoms with Crippen molar-refractivity contribution in [1.82, 2.24) is 5.32 Å². The lowest BCUT2D eigenvalue weighted by molar-refractivity contribution is 0.267. The third-order valence-corrected chi connectivity index (χ3v) is 3.44. The molecule has 3 heteroatoms. The fourth-order valence-corrected chi connectivity index (χ4v) is 2.34. The molecular formula is C16H25NO2. The first-order valence-corrected chi connectivity index (χ1v) is 7.47. The minimum absolute atomic E-state index is 0.640. The third kappa shape index (κ3) is 5.11. The summed E-state index contributed by atoms with van der Waals surface area (Å²) < 4.78 is 11.3. The second-order valence-corrected chi connectivity index (χ2v) is 5.10. The molecule has 1 aromatic carbocycles. The molecule has 0 spiro atoms. The Morgan fingerprint density at radius 2 is 1.74 bits per heavy atom. The van der Waals surface area contributed by atoms with Crippen LogP contribution in [-0.4, -0.2) is 25.8 Å². The van der Waals surface area contributed by atoms with Crippen LogP contribution in [0.2, 0.25) is 0 Å². The predicted octanol–water partition coefficient (Wildman–Crippen LogP) is 3.39. The summed E-state index contributed by atoms with van der Waals surface area (Å²) >= 11 is 0. The van der Waals surface area contributed by atoms with Gasteiger partial charge in [-0.3, -0.25) is 0 Å². The van der Waals surface area contributed by atoms with Crippen molar-refractivity contribution in [3.8, 4) is 11.5 Å². The Kier molecular flexibility index (Phi) is 6.02. The molecule has 0 unspecified atom stereocenters. The Bertz CT molecular complexity index is 344. The van der Waals surface area contributed by atoms with Gasteiger partial charge in [-0.15, -0.1) is 0 Å².